The van der Waals surface area contributed by atoms with Crippen LogP contribution in [0.2, 0.25) is 0 Å². The van der Waals surface area contributed by atoms with Crippen molar-refractivity contribution >= 4 is 27.6 Å². The zero-order chi connectivity index (χ0) is 19.2. The largest absolute Gasteiger partial charge is 0.395 e. The molecule has 1 aliphatic rings. The van der Waals surface area contributed by atoms with Crippen molar-refractivity contribution in [2.75, 3.05) is 31.3 Å². The summed E-state index contributed by atoms with van der Waals surface area (Å²) < 4.78 is 11.3. The van der Waals surface area contributed by atoms with Gasteiger partial charge in [0.05, 0.1) is 42.0 Å². The second kappa shape index (κ2) is 6.85. The first kappa shape index (κ1) is 18.3. The van der Waals surface area contributed by atoms with E-state index in [-0.39, 0.29) is 18.1 Å². The van der Waals surface area contributed by atoms with Crippen LogP contribution in [0.3, 0.4) is 0 Å². The van der Waals surface area contributed by atoms with E-state index in [2.05, 4.69) is 32.5 Å². The van der Waals surface area contributed by atoms with Gasteiger partial charge in [0.25, 0.3) is 0 Å². The number of aromatic nitrogens is 4. The maximum Gasteiger partial charge on any atom is 0.130 e. The van der Waals surface area contributed by atoms with E-state index >= 15 is 0 Å². The summed E-state index contributed by atoms with van der Waals surface area (Å²) in [5.41, 5.74) is 4.14. The SMILES string of the molecule is Cc1cc(-c2nsc3c(C(C)(C)CO)cc(N4CCOC[C@H]4C)nc23)[nH]n1. The summed E-state index contributed by atoms with van der Waals surface area (Å²) >= 11 is 1.43. The normalized spacial score (nSPS) is 18.4. The van der Waals surface area contributed by atoms with Gasteiger partial charge in [-0.2, -0.15) is 9.47 Å². The number of aliphatic hydroxyl groups excluding tert-OH is 1. The molecule has 0 aliphatic carbocycles. The minimum atomic E-state index is -0.390. The number of hydrogen-bond donors (Lipinski definition) is 2. The Hall–Kier alpha value is -2.03. The molecule has 1 fully saturated rings. The van der Waals surface area contributed by atoms with Crippen LogP contribution in [-0.2, 0) is 10.2 Å². The van der Waals surface area contributed by atoms with Crippen LogP contribution in [0.15, 0.2) is 12.1 Å². The molecule has 4 heterocycles. The number of aromatic amines is 1. The fourth-order valence-electron chi connectivity index (χ4n) is 3.43. The standard InChI is InChI=1S/C19H25N5O2S/c1-11-7-14(22-21-11)16-17-18(27-23-16)13(19(3,4)10-25)8-15(20-17)24-5-6-26-9-12(24)2/h7-8,12,25H,5-6,9-10H2,1-4H3,(H,21,22)/t12-/m1/s1. The summed E-state index contributed by atoms with van der Waals surface area (Å²) in [6.07, 6.45) is 0. The molecular weight excluding hydrogens is 362 g/mol. The van der Waals surface area contributed by atoms with Crippen LogP contribution < -0.4 is 4.90 Å². The van der Waals surface area contributed by atoms with Crippen molar-refractivity contribution in [3.8, 4) is 11.4 Å². The van der Waals surface area contributed by atoms with Crippen molar-refractivity contribution in [2.24, 2.45) is 0 Å². The number of ether oxygens (including phenoxy) is 1. The van der Waals surface area contributed by atoms with Crippen LogP contribution in [0.4, 0.5) is 5.82 Å². The third-order valence-electron chi connectivity index (χ3n) is 5.16. The van der Waals surface area contributed by atoms with Gasteiger partial charge in [-0.15, -0.1) is 0 Å². The zero-order valence-corrected chi connectivity index (χ0v) is 16.9. The number of anilines is 1. The molecule has 8 heteroatoms. The summed E-state index contributed by atoms with van der Waals surface area (Å²) in [7, 11) is 0. The Labute approximate surface area is 162 Å². The number of fused-ring (bicyclic) bond motifs is 1. The van der Waals surface area contributed by atoms with Crippen molar-refractivity contribution < 1.29 is 9.84 Å². The van der Waals surface area contributed by atoms with E-state index in [1.165, 1.54) is 11.5 Å². The zero-order valence-electron chi connectivity index (χ0n) is 16.1. The number of aryl methyl sites for hydroxylation is 1. The monoisotopic (exact) mass is 387 g/mol. The molecule has 0 bridgehead atoms. The predicted octanol–water partition coefficient (Wildman–Crippen LogP) is 2.88. The lowest BCUT2D eigenvalue weighted by atomic mass is 9.85. The first-order valence-electron chi connectivity index (χ1n) is 9.19. The number of nitrogens with zero attached hydrogens (tertiary/aromatic N) is 4. The Morgan fingerprint density at radius 1 is 1.41 bits per heavy atom. The minimum Gasteiger partial charge on any atom is -0.395 e. The number of pyridine rings is 1. The number of hydrogen-bond acceptors (Lipinski definition) is 7. The van der Waals surface area contributed by atoms with Crippen LogP contribution in [0.5, 0.6) is 0 Å². The average Bonchev–Trinajstić information content (AvgIpc) is 3.27. The highest BCUT2D eigenvalue weighted by Gasteiger charge is 2.29. The molecule has 2 N–H and O–H groups in total. The lowest BCUT2D eigenvalue weighted by Crippen LogP contribution is -2.44. The van der Waals surface area contributed by atoms with Crippen molar-refractivity contribution in [3.63, 3.8) is 0 Å². The summed E-state index contributed by atoms with van der Waals surface area (Å²) in [4.78, 5) is 7.27. The van der Waals surface area contributed by atoms with Gasteiger partial charge in [-0.25, -0.2) is 4.98 Å². The highest BCUT2D eigenvalue weighted by Crippen LogP contribution is 2.39. The van der Waals surface area contributed by atoms with Gasteiger partial charge in [0.1, 0.15) is 17.0 Å². The van der Waals surface area contributed by atoms with E-state index in [0.717, 1.165) is 45.2 Å². The van der Waals surface area contributed by atoms with Gasteiger partial charge in [0.2, 0.25) is 0 Å². The Kier molecular flexibility index (Phi) is 4.65. The van der Waals surface area contributed by atoms with E-state index in [1.807, 2.05) is 26.8 Å². The molecule has 1 aliphatic heterocycles. The Balaban J connectivity index is 1.94. The molecule has 7 nitrogen and oxygen atoms in total. The van der Waals surface area contributed by atoms with Gasteiger partial charge < -0.3 is 14.7 Å². The number of rotatable bonds is 4. The van der Waals surface area contributed by atoms with Crippen LogP contribution in [0, 0.1) is 6.92 Å². The summed E-state index contributed by atoms with van der Waals surface area (Å²) in [6, 6.07) is 4.34. The number of H-pyrrole nitrogens is 1. The predicted molar refractivity (Wildman–Crippen MR) is 107 cm³/mol. The van der Waals surface area contributed by atoms with Gasteiger partial charge in [-0.1, -0.05) is 13.8 Å². The fourth-order valence-corrected chi connectivity index (χ4v) is 4.46. The highest BCUT2D eigenvalue weighted by molar-refractivity contribution is 7.13. The first-order chi connectivity index (χ1) is 12.9. The van der Waals surface area contributed by atoms with Gasteiger partial charge in [0, 0.05) is 12.0 Å². The van der Waals surface area contributed by atoms with Crippen LogP contribution in [0.1, 0.15) is 32.0 Å². The average molecular weight is 388 g/mol. The van der Waals surface area contributed by atoms with E-state index in [0.29, 0.717) is 13.2 Å². The highest BCUT2D eigenvalue weighted by atomic mass is 32.1. The molecule has 0 saturated carbocycles. The number of morpholine rings is 1. The lowest BCUT2D eigenvalue weighted by molar-refractivity contribution is 0.0985. The summed E-state index contributed by atoms with van der Waals surface area (Å²) in [6.45, 7) is 10.4. The topological polar surface area (TPSA) is 87.2 Å². The number of aliphatic hydroxyl groups is 1. The van der Waals surface area contributed by atoms with Crippen LogP contribution >= 0.6 is 11.5 Å². The maximum atomic E-state index is 10.0. The molecule has 0 radical (unpaired) electrons. The molecule has 3 aromatic rings. The van der Waals surface area contributed by atoms with Crippen molar-refractivity contribution in [1.29, 1.82) is 0 Å². The summed E-state index contributed by atoms with van der Waals surface area (Å²) in [5, 5.41) is 17.3. The molecule has 4 rings (SSSR count). The maximum absolute atomic E-state index is 10.0. The van der Waals surface area contributed by atoms with Crippen molar-refractivity contribution in [3.05, 3.63) is 23.4 Å². The molecule has 144 valence electrons. The van der Waals surface area contributed by atoms with E-state index in [9.17, 15) is 5.11 Å². The van der Waals surface area contributed by atoms with Crippen LogP contribution in [-0.4, -0.2) is 57.1 Å². The van der Waals surface area contributed by atoms with Gasteiger partial charge >= 0.3 is 0 Å². The Bertz CT molecular complexity index is 964. The third-order valence-corrected chi connectivity index (χ3v) is 6.03. The summed E-state index contributed by atoms with van der Waals surface area (Å²) in [5.74, 6) is 0.910. The van der Waals surface area contributed by atoms with Gasteiger partial charge in [-0.3, -0.25) is 5.10 Å². The molecule has 27 heavy (non-hydrogen) atoms. The van der Waals surface area contributed by atoms with E-state index in [1.54, 1.807) is 0 Å². The second-order valence-electron chi connectivity index (χ2n) is 7.82. The number of nitrogens with one attached hydrogen (secondary N) is 1. The van der Waals surface area contributed by atoms with E-state index < -0.39 is 0 Å². The molecule has 0 amide bonds. The first-order valence-corrected chi connectivity index (χ1v) is 9.96. The van der Waals surface area contributed by atoms with Crippen molar-refractivity contribution in [2.45, 2.75) is 39.2 Å². The molecule has 0 unspecified atom stereocenters. The molecule has 1 atom stereocenters. The molecule has 3 aromatic heterocycles. The second-order valence-corrected chi connectivity index (χ2v) is 8.59. The molecular formula is C19H25N5O2S. The quantitative estimate of drug-likeness (QED) is 0.716. The third kappa shape index (κ3) is 3.22. The molecule has 1 saturated heterocycles. The lowest BCUT2D eigenvalue weighted by Gasteiger charge is -2.35. The van der Waals surface area contributed by atoms with Crippen LogP contribution in [0.25, 0.3) is 21.6 Å². The van der Waals surface area contributed by atoms with Gasteiger partial charge in [0.15, 0.2) is 0 Å². The Morgan fingerprint density at radius 2 is 2.22 bits per heavy atom. The van der Waals surface area contributed by atoms with E-state index in [4.69, 9.17) is 9.72 Å². The Morgan fingerprint density at radius 3 is 2.89 bits per heavy atom. The smallest absolute Gasteiger partial charge is 0.130 e. The molecule has 0 spiro atoms. The van der Waals surface area contributed by atoms with Gasteiger partial charge in [-0.05, 0) is 43.1 Å². The minimum absolute atomic E-state index is 0.0562. The molecule has 0 aromatic carbocycles. The van der Waals surface area contributed by atoms with Crippen molar-refractivity contribution in [1.82, 2.24) is 19.6 Å². The fraction of sp³-hybridized carbons (Fsp3) is 0.526.